The molecule has 1 fully saturated rings. The summed E-state index contributed by atoms with van der Waals surface area (Å²) in [5.41, 5.74) is 0.488. The fourth-order valence-electron chi connectivity index (χ4n) is 2.79. The molecule has 2 aromatic carbocycles. The molecular formula is C18H17BrN2O4. The van der Waals surface area contributed by atoms with Crippen molar-refractivity contribution < 1.29 is 19.8 Å². The first kappa shape index (κ1) is 17.3. The number of carbonyl (C=O) groups excluding carboxylic acids is 2. The van der Waals surface area contributed by atoms with E-state index in [-0.39, 0.29) is 34.4 Å². The van der Waals surface area contributed by atoms with E-state index in [1.165, 1.54) is 12.1 Å². The largest absolute Gasteiger partial charge is 0.507 e. The maximum Gasteiger partial charge on any atom is 0.257 e. The van der Waals surface area contributed by atoms with Gasteiger partial charge in [0.2, 0.25) is 0 Å². The molecule has 3 rings (SSSR count). The van der Waals surface area contributed by atoms with E-state index in [2.05, 4.69) is 15.9 Å². The van der Waals surface area contributed by atoms with Crippen LogP contribution in [0.5, 0.6) is 11.5 Å². The van der Waals surface area contributed by atoms with Gasteiger partial charge in [0.1, 0.15) is 11.5 Å². The number of amides is 2. The van der Waals surface area contributed by atoms with Gasteiger partial charge in [-0.1, -0.05) is 28.1 Å². The summed E-state index contributed by atoms with van der Waals surface area (Å²) in [6.07, 6.45) is 0. The number of benzene rings is 2. The van der Waals surface area contributed by atoms with Gasteiger partial charge in [0.05, 0.1) is 11.1 Å². The molecule has 0 aliphatic carbocycles. The molecular weight excluding hydrogens is 388 g/mol. The third-order valence-electron chi connectivity index (χ3n) is 4.18. The number of nitrogens with zero attached hydrogens (tertiary/aromatic N) is 2. The Morgan fingerprint density at radius 3 is 1.92 bits per heavy atom. The Labute approximate surface area is 153 Å². The number of piperazine rings is 1. The monoisotopic (exact) mass is 404 g/mol. The smallest absolute Gasteiger partial charge is 0.257 e. The fourth-order valence-corrected chi connectivity index (χ4v) is 3.15. The summed E-state index contributed by atoms with van der Waals surface area (Å²) in [5.74, 6) is -0.644. The van der Waals surface area contributed by atoms with Gasteiger partial charge in [-0.05, 0) is 30.3 Å². The Morgan fingerprint density at radius 2 is 1.32 bits per heavy atom. The highest BCUT2D eigenvalue weighted by Crippen LogP contribution is 2.24. The first-order valence-corrected chi connectivity index (χ1v) is 8.61. The lowest BCUT2D eigenvalue weighted by molar-refractivity contribution is 0.0532. The van der Waals surface area contributed by atoms with Gasteiger partial charge in [-0.25, -0.2) is 0 Å². The first-order valence-electron chi connectivity index (χ1n) is 7.82. The van der Waals surface area contributed by atoms with E-state index in [0.717, 1.165) is 0 Å². The van der Waals surface area contributed by atoms with Crippen LogP contribution in [0.1, 0.15) is 20.7 Å². The summed E-state index contributed by atoms with van der Waals surface area (Å²) < 4.78 is 0.710. The van der Waals surface area contributed by atoms with Crippen molar-refractivity contribution in [3.63, 3.8) is 0 Å². The van der Waals surface area contributed by atoms with E-state index in [4.69, 9.17) is 0 Å². The van der Waals surface area contributed by atoms with Crippen molar-refractivity contribution in [3.05, 3.63) is 58.1 Å². The average Bonchev–Trinajstić information content (AvgIpc) is 2.63. The zero-order chi connectivity index (χ0) is 18.0. The summed E-state index contributed by atoms with van der Waals surface area (Å²) >= 11 is 3.29. The minimum atomic E-state index is -0.270. The fraction of sp³-hybridized carbons (Fsp3) is 0.222. The Balaban J connectivity index is 1.68. The molecule has 0 radical (unpaired) electrons. The molecule has 0 bridgehead atoms. The second-order valence-electron chi connectivity index (χ2n) is 5.76. The summed E-state index contributed by atoms with van der Waals surface area (Å²) in [6, 6.07) is 11.1. The third-order valence-corrected chi connectivity index (χ3v) is 4.67. The average molecular weight is 405 g/mol. The van der Waals surface area contributed by atoms with Gasteiger partial charge >= 0.3 is 0 Å². The number of rotatable bonds is 2. The van der Waals surface area contributed by atoms with Gasteiger partial charge in [0, 0.05) is 30.7 Å². The lowest BCUT2D eigenvalue weighted by Crippen LogP contribution is -2.50. The Bertz CT molecular complexity index is 816. The standard InChI is InChI=1S/C18H17BrN2O4/c19-12-5-6-16(23)14(11-12)18(25)21-9-7-20(8-10-21)17(24)13-3-1-2-4-15(13)22/h1-6,11,22-23H,7-10H2. The van der Waals surface area contributed by atoms with Crippen LogP contribution in [0.4, 0.5) is 0 Å². The van der Waals surface area contributed by atoms with E-state index in [9.17, 15) is 19.8 Å². The van der Waals surface area contributed by atoms with Crippen molar-refractivity contribution in [2.75, 3.05) is 26.2 Å². The number of phenolic OH excluding ortho intramolecular Hbond substituents is 2. The quantitative estimate of drug-likeness (QED) is 0.805. The molecule has 1 aliphatic rings. The van der Waals surface area contributed by atoms with E-state index in [1.54, 1.807) is 40.1 Å². The third kappa shape index (κ3) is 3.61. The Hall–Kier alpha value is -2.54. The Kier molecular flexibility index (Phi) is 4.94. The second kappa shape index (κ2) is 7.14. The zero-order valence-electron chi connectivity index (χ0n) is 13.4. The first-order chi connectivity index (χ1) is 12.0. The molecule has 2 N–H and O–H groups in total. The van der Waals surface area contributed by atoms with Gasteiger partial charge in [-0.2, -0.15) is 0 Å². The molecule has 6 nitrogen and oxygen atoms in total. The number of aromatic hydroxyl groups is 2. The van der Waals surface area contributed by atoms with Crippen molar-refractivity contribution in [1.29, 1.82) is 0 Å². The highest BCUT2D eigenvalue weighted by atomic mass is 79.9. The van der Waals surface area contributed by atoms with E-state index >= 15 is 0 Å². The van der Waals surface area contributed by atoms with Crippen LogP contribution in [0.25, 0.3) is 0 Å². The number of hydrogen-bond acceptors (Lipinski definition) is 4. The SMILES string of the molecule is O=C(c1ccccc1O)N1CCN(C(=O)c2cc(Br)ccc2O)CC1. The minimum absolute atomic E-state index is 0.0509. The second-order valence-corrected chi connectivity index (χ2v) is 6.68. The summed E-state index contributed by atoms with van der Waals surface area (Å²) in [7, 11) is 0. The highest BCUT2D eigenvalue weighted by molar-refractivity contribution is 9.10. The number of hydrogen-bond donors (Lipinski definition) is 2. The van der Waals surface area contributed by atoms with Crippen molar-refractivity contribution in [1.82, 2.24) is 9.80 Å². The van der Waals surface area contributed by atoms with Gasteiger partial charge in [-0.3, -0.25) is 9.59 Å². The molecule has 0 spiro atoms. The summed E-state index contributed by atoms with van der Waals surface area (Å²) in [6.45, 7) is 1.47. The molecule has 2 aromatic rings. The molecule has 1 heterocycles. The Morgan fingerprint density at radius 1 is 0.800 bits per heavy atom. The number of halogens is 1. The van der Waals surface area contributed by atoms with Crippen LogP contribution in [-0.2, 0) is 0 Å². The van der Waals surface area contributed by atoms with Crippen molar-refractivity contribution >= 4 is 27.7 Å². The topological polar surface area (TPSA) is 81.1 Å². The molecule has 25 heavy (non-hydrogen) atoms. The van der Waals surface area contributed by atoms with Gasteiger partial charge < -0.3 is 20.0 Å². The maximum atomic E-state index is 12.6. The molecule has 7 heteroatoms. The summed E-state index contributed by atoms with van der Waals surface area (Å²) in [4.78, 5) is 28.3. The van der Waals surface area contributed by atoms with Crippen LogP contribution < -0.4 is 0 Å². The molecule has 0 atom stereocenters. The molecule has 1 saturated heterocycles. The number of phenols is 2. The van der Waals surface area contributed by atoms with Crippen LogP contribution >= 0.6 is 15.9 Å². The zero-order valence-corrected chi connectivity index (χ0v) is 14.9. The van der Waals surface area contributed by atoms with E-state index in [0.29, 0.717) is 30.7 Å². The van der Waals surface area contributed by atoms with Crippen LogP contribution in [0.2, 0.25) is 0 Å². The number of para-hydroxylation sites is 1. The number of carbonyl (C=O) groups is 2. The minimum Gasteiger partial charge on any atom is -0.507 e. The molecule has 130 valence electrons. The lowest BCUT2D eigenvalue weighted by Gasteiger charge is -2.35. The predicted molar refractivity (Wildman–Crippen MR) is 95.7 cm³/mol. The van der Waals surface area contributed by atoms with Crippen molar-refractivity contribution in [2.24, 2.45) is 0 Å². The predicted octanol–water partition coefficient (Wildman–Crippen LogP) is 2.46. The summed E-state index contributed by atoms with van der Waals surface area (Å²) in [5, 5.41) is 19.7. The molecule has 1 aliphatic heterocycles. The molecule has 0 aromatic heterocycles. The van der Waals surface area contributed by atoms with E-state index < -0.39 is 0 Å². The van der Waals surface area contributed by atoms with Crippen LogP contribution in [0.3, 0.4) is 0 Å². The molecule has 2 amide bonds. The molecule has 0 saturated carbocycles. The van der Waals surface area contributed by atoms with Crippen LogP contribution in [-0.4, -0.2) is 58.0 Å². The van der Waals surface area contributed by atoms with Gasteiger partial charge in [-0.15, -0.1) is 0 Å². The van der Waals surface area contributed by atoms with E-state index in [1.807, 2.05) is 0 Å². The lowest BCUT2D eigenvalue weighted by atomic mass is 10.1. The molecule has 0 unspecified atom stereocenters. The highest BCUT2D eigenvalue weighted by Gasteiger charge is 2.27. The van der Waals surface area contributed by atoms with Crippen molar-refractivity contribution in [2.45, 2.75) is 0 Å². The van der Waals surface area contributed by atoms with Crippen LogP contribution in [0.15, 0.2) is 46.9 Å². The van der Waals surface area contributed by atoms with Gasteiger partial charge in [0.15, 0.2) is 0 Å². The maximum absolute atomic E-state index is 12.6. The van der Waals surface area contributed by atoms with Gasteiger partial charge in [0.25, 0.3) is 11.8 Å². The van der Waals surface area contributed by atoms with Crippen LogP contribution in [0, 0.1) is 0 Å². The normalized spacial score (nSPS) is 14.4. The van der Waals surface area contributed by atoms with Crippen molar-refractivity contribution in [3.8, 4) is 11.5 Å².